The number of hydrogen-bond acceptors (Lipinski definition) is 3. The lowest BCUT2D eigenvalue weighted by atomic mass is 10.1. The number of hydrogen-bond donors (Lipinski definition) is 1. The third-order valence-electron chi connectivity index (χ3n) is 4.34. The molecule has 0 aliphatic carbocycles. The lowest BCUT2D eigenvalue weighted by Crippen LogP contribution is -2.48. The smallest absolute Gasteiger partial charge is 0.194 e. The van der Waals surface area contributed by atoms with E-state index in [4.69, 9.17) is 4.99 Å². The van der Waals surface area contributed by atoms with Gasteiger partial charge in [-0.25, -0.2) is 4.99 Å². The number of pyridine rings is 1. The van der Waals surface area contributed by atoms with E-state index in [0.717, 1.165) is 31.1 Å². The zero-order valence-electron chi connectivity index (χ0n) is 14.5. The highest BCUT2D eigenvalue weighted by Crippen LogP contribution is 2.21. The Balaban J connectivity index is 1.80. The number of thioether (sulfide) groups is 1. The number of aromatic nitrogens is 1. The molecule has 0 amide bonds. The molecule has 0 bridgehead atoms. The molecule has 1 aromatic carbocycles. The quantitative estimate of drug-likeness (QED) is 0.682. The molecule has 1 unspecified atom stereocenters. The average molecular weight is 343 g/mol. The van der Waals surface area contributed by atoms with Crippen LogP contribution in [-0.4, -0.2) is 46.5 Å². The molecule has 1 fully saturated rings. The van der Waals surface area contributed by atoms with E-state index in [1.807, 2.05) is 12.3 Å². The first kappa shape index (κ1) is 17.1. The maximum Gasteiger partial charge on any atom is 0.194 e. The van der Waals surface area contributed by atoms with E-state index in [0.29, 0.717) is 11.8 Å². The van der Waals surface area contributed by atoms with E-state index in [2.05, 4.69) is 65.1 Å². The zero-order chi connectivity index (χ0) is 16.8. The Morgan fingerprint density at radius 2 is 2.21 bits per heavy atom. The molecule has 2 aromatic rings. The van der Waals surface area contributed by atoms with Crippen LogP contribution in [0.15, 0.2) is 41.5 Å². The van der Waals surface area contributed by atoms with Crippen molar-refractivity contribution in [3.63, 3.8) is 0 Å². The first-order chi connectivity index (χ1) is 11.8. The van der Waals surface area contributed by atoms with Gasteiger partial charge in [0.25, 0.3) is 0 Å². The highest BCUT2D eigenvalue weighted by atomic mass is 32.2. The number of nitrogens with one attached hydrogen (secondary N) is 1. The van der Waals surface area contributed by atoms with Crippen LogP contribution in [0.2, 0.25) is 0 Å². The second kappa shape index (κ2) is 8.38. The summed E-state index contributed by atoms with van der Waals surface area (Å²) >= 11 is 2.08. The molecule has 1 atom stereocenters. The van der Waals surface area contributed by atoms with Crippen molar-refractivity contribution in [1.29, 1.82) is 0 Å². The molecule has 128 valence electrons. The summed E-state index contributed by atoms with van der Waals surface area (Å²) in [6.45, 7) is 8.11. The Hall–Kier alpha value is -1.75. The fraction of sp³-hybridized carbons (Fsp3) is 0.474. The van der Waals surface area contributed by atoms with Crippen molar-refractivity contribution in [2.45, 2.75) is 32.1 Å². The fourth-order valence-corrected chi connectivity index (χ4v) is 4.22. The minimum absolute atomic E-state index is 0.664. The third kappa shape index (κ3) is 4.01. The van der Waals surface area contributed by atoms with Crippen molar-refractivity contribution in [3.8, 4) is 0 Å². The summed E-state index contributed by atoms with van der Waals surface area (Å²) in [5.74, 6) is 2.21. The van der Waals surface area contributed by atoms with Gasteiger partial charge in [0.2, 0.25) is 0 Å². The Morgan fingerprint density at radius 1 is 1.33 bits per heavy atom. The molecule has 1 saturated heterocycles. The molecular formula is C19H26N4S. The van der Waals surface area contributed by atoms with Gasteiger partial charge in [0.1, 0.15) is 0 Å². The minimum atomic E-state index is 0.664. The van der Waals surface area contributed by atoms with Crippen LogP contribution >= 0.6 is 11.8 Å². The molecule has 1 aromatic heterocycles. The Morgan fingerprint density at radius 3 is 3.04 bits per heavy atom. The van der Waals surface area contributed by atoms with Gasteiger partial charge in [0.05, 0.1) is 12.1 Å². The maximum absolute atomic E-state index is 4.91. The van der Waals surface area contributed by atoms with Gasteiger partial charge in [-0.15, -0.1) is 0 Å². The van der Waals surface area contributed by atoms with E-state index in [9.17, 15) is 0 Å². The number of aliphatic imine (C=N–C) groups is 1. The SMILES string of the molecule is CCNC(=NCc1cccc2cccnc12)N1CCSC(CC)C1. The van der Waals surface area contributed by atoms with Crippen molar-refractivity contribution in [2.24, 2.45) is 4.99 Å². The van der Waals surface area contributed by atoms with E-state index < -0.39 is 0 Å². The standard InChI is InChI=1S/C19H26N4S/c1-3-17-14-23(11-12-24-17)19(20-4-2)22-13-16-8-5-7-15-9-6-10-21-18(15)16/h5-10,17H,3-4,11-14H2,1-2H3,(H,20,22). The van der Waals surface area contributed by atoms with Crippen LogP contribution in [0.4, 0.5) is 0 Å². The molecule has 1 aliphatic heterocycles. The van der Waals surface area contributed by atoms with Crippen LogP contribution in [0.3, 0.4) is 0 Å². The predicted octanol–water partition coefficient (Wildman–Crippen LogP) is 3.53. The van der Waals surface area contributed by atoms with E-state index >= 15 is 0 Å². The van der Waals surface area contributed by atoms with Crippen LogP contribution in [-0.2, 0) is 6.54 Å². The van der Waals surface area contributed by atoms with Crippen molar-refractivity contribution in [2.75, 3.05) is 25.4 Å². The highest BCUT2D eigenvalue weighted by molar-refractivity contribution is 8.00. The topological polar surface area (TPSA) is 40.5 Å². The molecule has 2 heterocycles. The molecule has 4 nitrogen and oxygen atoms in total. The number of benzene rings is 1. The van der Waals surface area contributed by atoms with Gasteiger partial charge in [-0.2, -0.15) is 11.8 Å². The number of rotatable bonds is 4. The van der Waals surface area contributed by atoms with E-state index in [-0.39, 0.29) is 0 Å². The minimum Gasteiger partial charge on any atom is -0.357 e. The second-order valence-electron chi connectivity index (χ2n) is 6.01. The van der Waals surface area contributed by atoms with Gasteiger partial charge >= 0.3 is 0 Å². The number of nitrogens with zero attached hydrogens (tertiary/aromatic N) is 3. The lowest BCUT2D eigenvalue weighted by Gasteiger charge is -2.34. The molecular weight excluding hydrogens is 316 g/mol. The Kier molecular flexibility index (Phi) is 5.96. The largest absolute Gasteiger partial charge is 0.357 e. The first-order valence-electron chi connectivity index (χ1n) is 8.79. The highest BCUT2D eigenvalue weighted by Gasteiger charge is 2.21. The van der Waals surface area contributed by atoms with Crippen LogP contribution in [0.1, 0.15) is 25.8 Å². The molecule has 3 rings (SSSR count). The average Bonchev–Trinajstić information content (AvgIpc) is 2.65. The molecule has 0 spiro atoms. The van der Waals surface area contributed by atoms with Crippen molar-refractivity contribution in [3.05, 3.63) is 42.1 Å². The van der Waals surface area contributed by atoms with Crippen LogP contribution in [0.5, 0.6) is 0 Å². The van der Waals surface area contributed by atoms with Crippen molar-refractivity contribution >= 4 is 28.6 Å². The maximum atomic E-state index is 4.91. The van der Waals surface area contributed by atoms with Crippen LogP contribution < -0.4 is 5.32 Å². The number of fused-ring (bicyclic) bond motifs is 1. The molecule has 0 saturated carbocycles. The van der Waals surface area contributed by atoms with Crippen LogP contribution in [0, 0.1) is 0 Å². The molecule has 1 aliphatic rings. The Bertz CT molecular complexity index is 695. The van der Waals surface area contributed by atoms with Crippen molar-refractivity contribution in [1.82, 2.24) is 15.2 Å². The molecule has 5 heteroatoms. The molecule has 24 heavy (non-hydrogen) atoms. The van der Waals surface area contributed by atoms with Crippen LogP contribution in [0.25, 0.3) is 10.9 Å². The van der Waals surface area contributed by atoms with Gasteiger partial charge in [-0.1, -0.05) is 31.2 Å². The summed E-state index contributed by atoms with van der Waals surface area (Å²) in [5, 5.41) is 5.35. The fourth-order valence-electron chi connectivity index (χ4n) is 3.04. The number of para-hydroxylation sites is 1. The van der Waals surface area contributed by atoms with Gasteiger partial charge in [0, 0.05) is 42.2 Å². The van der Waals surface area contributed by atoms with E-state index in [1.54, 1.807) is 0 Å². The van der Waals surface area contributed by atoms with Gasteiger partial charge in [-0.3, -0.25) is 4.98 Å². The second-order valence-corrected chi connectivity index (χ2v) is 7.42. The summed E-state index contributed by atoms with van der Waals surface area (Å²) in [4.78, 5) is 11.9. The van der Waals surface area contributed by atoms with Crippen molar-refractivity contribution < 1.29 is 0 Å². The summed E-state index contributed by atoms with van der Waals surface area (Å²) < 4.78 is 0. The number of guanidine groups is 1. The third-order valence-corrected chi connectivity index (χ3v) is 5.72. The summed E-state index contributed by atoms with van der Waals surface area (Å²) in [5.41, 5.74) is 2.24. The monoisotopic (exact) mass is 342 g/mol. The lowest BCUT2D eigenvalue weighted by molar-refractivity contribution is 0.408. The Labute approximate surface area is 148 Å². The molecule has 0 radical (unpaired) electrons. The van der Waals surface area contributed by atoms with Gasteiger partial charge in [-0.05, 0) is 25.0 Å². The van der Waals surface area contributed by atoms with Gasteiger partial charge in [0.15, 0.2) is 5.96 Å². The first-order valence-corrected chi connectivity index (χ1v) is 9.84. The molecule has 1 N–H and O–H groups in total. The normalized spacial score (nSPS) is 18.8. The van der Waals surface area contributed by atoms with Gasteiger partial charge < -0.3 is 10.2 Å². The summed E-state index contributed by atoms with van der Waals surface area (Å²) in [6.07, 6.45) is 3.07. The van der Waals surface area contributed by atoms with E-state index in [1.165, 1.54) is 23.1 Å². The zero-order valence-corrected chi connectivity index (χ0v) is 15.4. The predicted molar refractivity (Wildman–Crippen MR) is 105 cm³/mol. The summed E-state index contributed by atoms with van der Waals surface area (Å²) in [6, 6.07) is 10.4. The summed E-state index contributed by atoms with van der Waals surface area (Å²) in [7, 11) is 0.